The highest BCUT2D eigenvalue weighted by Gasteiger charge is 2.21. The Balaban J connectivity index is 0. The molecule has 4 unspecified atom stereocenters. The summed E-state index contributed by atoms with van der Waals surface area (Å²) in [5, 5.41) is 47.3. The molecule has 1 fully saturated rings. The Kier molecular flexibility index (Phi) is 16.0. The molecule has 11 heteroatoms. The zero-order valence-electron chi connectivity index (χ0n) is 17.5. The molecule has 0 radical (unpaired) electrons. The van der Waals surface area contributed by atoms with Gasteiger partial charge in [0.1, 0.15) is 18.3 Å². The SMILES string of the molecule is CC(O)C(=O)O.CC(O)C(=O)O.CC(O)C(=O)O.CN1CCCC1c1cccnc1. The predicted molar refractivity (Wildman–Crippen MR) is 107 cm³/mol. The topological polar surface area (TPSA) is 189 Å². The highest BCUT2D eigenvalue weighted by molar-refractivity contribution is 5.71. The van der Waals surface area contributed by atoms with Crippen LogP contribution in [0.4, 0.5) is 0 Å². The van der Waals surface area contributed by atoms with E-state index in [1.54, 1.807) is 0 Å². The van der Waals surface area contributed by atoms with Gasteiger partial charge in [0.05, 0.1) is 0 Å². The van der Waals surface area contributed by atoms with E-state index in [9.17, 15) is 14.4 Å². The van der Waals surface area contributed by atoms with Crippen molar-refractivity contribution in [3.8, 4) is 0 Å². The third-order valence-corrected chi connectivity index (χ3v) is 3.66. The number of rotatable bonds is 4. The van der Waals surface area contributed by atoms with Gasteiger partial charge in [0.25, 0.3) is 0 Å². The molecule has 2 rings (SSSR count). The number of likely N-dealkylation sites (tertiary alicyclic amines) is 1. The van der Waals surface area contributed by atoms with E-state index in [-0.39, 0.29) is 0 Å². The molecule has 0 spiro atoms. The molecule has 1 aliphatic heterocycles. The molecule has 11 nitrogen and oxygen atoms in total. The van der Waals surface area contributed by atoms with Gasteiger partial charge < -0.3 is 30.6 Å². The molecule has 1 aromatic rings. The average molecular weight is 432 g/mol. The van der Waals surface area contributed by atoms with Crippen molar-refractivity contribution in [2.45, 2.75) is 58.0 Å². The fourth-order valence-electron chi connectivity index (χ4n) is 1.90. The van der Waals surface area contributed by atoms with E-state index in [1.807, 2.05) is 18.5 Å². The van der Waals surface area contributed by atoms with Gasteiger partial charge in [-0.05, 0) is 58.8 Å². The van der Waals surface area contributed by atoms with E-state index in [4.69, 9.17) is 30.6 Å². The van der Waals surface area contributed by atoms with Crippen molar-refractivity contribution in [2.24, 2.45) is 0 Å². The fourth-order valence-corrected chi connectivity index (χ4v) is 1.90. The first-order valence-electron chi connectivity index (χ1n) is 9.13. The van der Waals surface area contributed by atoms with E-state index < -0.39 is 36.2 Å². The van der Waals surface area contributed by atoms with Crippen LogP contribution < -0.4 is 0 Å². The van der Waals surface area contributed by atoms with E-state index in [2.05, 4.69) is 23.0 Å². The number of aliphatic carboxylic acids is 3. The Labute approximate surface area is 175 Å². The number of carbonyl (C=O) groups is 3. The Morgan fingerprint density at radius 3 is 1.60 bits per heavy atom. The van der Waals surface area contributed by atoms with Crippen LogP contribution in [0, 0.1) is 0 Å². The number of hydrogen-bond acceptors (Lipinski definition) is 8. The molecule has 0 aromatic carbocycles. The first-order valence-corrected chi connectivity index (χ1v) is 9.13. The molecule has 1 aromatic heterocycles. The molecule has 6 N–H and O–H groups in total. The third-order valence-electron chi connectivity index (χ3n) is 3.66. The standard InChI is InChI=1S/C10H14N2.3C3H6O3/c1-12-7-3-5-10(12)9-4-2-6-11-8-9;3*1-2(4)3(5)6/h2,4,6,8,10H,3,5,7H2,1H3;3*2,4H,1H3,(H,5,6). The molecule has 4 atom stereocenters. The quantitative estimate of drug-likeness (QED) is 0.381. The van der Waals surface area contributed by atoms with Gasteiger partial charge in [0.15, 0.2) is 0 Å². The van der Waals surface area contributed by atoms with Crippen LogP contribution in [0.3, 0.4) is 0 Å². The third kappa shape index (κ3) is 15.3. The van der Waals surface area contributed by atoms with Crippen molar-refractivity contribution in [1.82, 2.24) is 9.88 Å². The van der Waals surface area contributed by atoms with Crippen molar-refractivity contribution in [3.05, 3.63) is 30.1 Å². The van der Waals surface area contributed by atoms with Gasteiger partial charge in [-0.15, -0.1) is 0 Å². The minimum Gasteiger partial charge on any atom is -0.479 e. The average Bonchev–Trinajstić information content (AvgIpc) is 3.09. The van der Waals surface area contributed by atoms with Crippen LogP contribution in [-0.4, -0.2) is 90.3 Å². The summed E-state index contributed by atoms with van der Waals surface area (Å²) < 4.78 is 0. The van der Waals surface area contributed by atoms with Crippen LogP contribution >= 0.6 is 0 Å². The molecular weight excluding hydrogens is 400 g/mol. The number of aliphatic hydroxyl groups excluding tert-OH is 3. The van der Waals surface area contributed by atoms with Crippen molar-refractivity contribution in [3.63, 3.8) is 0 Å². The van der Waals surface area contributed by atoms with Crippen LogP contribution in [0.25, 0.3) is 0 Å². The molecule has 30 heavy (non-hydrogen) atoms. The summed E-state index contributed by atoms with van der Waals surface area (Å²) in [4.78, 5) is 34.9. The first kappa shape index (κ1) is 29.6. The minimum atomic E-state index is -1.23. The molecule has 172 valence electrons. The molecule has 0 saturated carbocycles. The second-order valence-corrected chi connectivity index (χ2v) is 6.47. The number of pyridine rings is 1. The van der Waals surface area contributed by atoms with Gasteiger partial charge in [0, 0.05) is 18.4 Å². The fraction of sp³-hybridized carbons (Fsp3) is 0.579. The molecule has 0 amide bonds. The number of aliphatic hydroxyl groups is 3. The van der Waals surface area contributed by atoms with Crippen molar-refractivity contribution in [2.75, 3.05) is 13.6 Å². The Morgan fingerprint density at radius 1 is 0.967 bits per heavy atom. The van der Waals surface area contributed by atoms with Crippen molar-refractivity contribution >= 4 is 17.9 Å². The summed E-state index contributed by atoms with van der Waals surface area (Å²) in [5.41, 5.74) is 1.36. The zero-order chi connectivity index (χ0) is 23.9. The van der Waals surface area contributed by atoms with Crippen LogP contribution in [0.1, 0.15) is 45.2 Å². The first-order chi connectivity index (χ1) is 13.8. The van der Waals surface area contributed by atoms with Crippen molar-refractivity contribution < 1.29 is 45.0 Å². The molecule has 0 aliphatic carbocycles. The van der Waals surface area contributed by atoms with Crippen LogP contribution in [-0.2, 0) is 14.4 Å². The largest absolute Gasteiger partial charge is 0.479 e. The predicted octanol–water partition coefficient (Wildman–Crippen LogP) is 0.204. The van der Waals surface area contributed by atoms with E-state index in [0.29, 0.717) is 6.04 Å². The van der Waals surface area contributed by atoms with Crippen LogP contribution in [0.2, 0.25) is 0 Å². The number of hydrogen-bond donors (Lipinski definition) is 6. The lowest BCUT2D eigenvalue weighted by Gasteiger charge is -2.18. The van der Waals surface area contributed by atoms with E-state index in [0.717, 1.165) is 0 Å². The normalized spacial score (nSPS) is 18.0. The molecule has 0 bridgehead atoms. The highest BCUT2D eigenvalue weighted by atomic mass is 16.4. The highest BCUT2D eigenvalue weighted by Crippen LogP contribution is 2.29. The minimum absolute atomic E-state index is 0.610. The smallest absolute Gasteiger partial charge is 0.332 e. The van der Waals surface area contributed by atoms with Gasteiger partial charge >= 0.3 is 17.9 Å². The Bertz CT molecular complexity index is 579. The van der Waals surface area contributed by atoms with Gasteiger partial charge in [-0.1, -0.05) is 6.07 Å². The summed E-state index contributed by atoms with van der Waals surface area (Å²) in [7, 11) is 2.19. The monoisotopic (exact) mass is 432 g/mol. The number of carboxylic acid groups (broad SMARTS) is 3. The van der Waals surface area contributed by atoms with Gasteiger partial charge in [-0.25, -0.2) is 14.4 Å². The van der Waals surface area contributed by atoms with E-state index in [1.165, 1.54) is 45.7 Å². The maximum Gasteiger partial charge on any atom is 0.332 e. The van der Waals surface area contributed by atoms with E-state index >= 15 is 0 Å². The second kappa shape index (κ2) is 16.2. The lowest BCUT2D eigenvalue weighted by Crippen LogP contribution is -2.17. The summed E-state index contributed by atoms with van der Waals surface area (Å²) in [6.45, 7) is 4.81. The second-order valence-electron chi connectivity index (χ2n) is 6.47. The van der Waals surface area contributed by atoms with Crippen molar-refractivity contribution in [1.29, 1.82) is 0 Å². The summed E-state index contributed by atoms with van der Waals surface area (Å²) in [6.07, 6.45) is 2.71. The zero-order valence-corrected chi connectivity index (χ0v) is 17.5. The summed E-state index contributed by atoms with van der Waals surface area (Å²) >= 11 is 0. The maximum atomic E-state index is 9.45. The Morgan fingerprint density at radius 2 is 1.37 bits per heavy atom. The summed E-state index contributed by atoms with van der Waals surface area (Å²) in [6, 6.07) is 4.79. The lowest BCUT2D eigenvalue weighted by atomic mass is 10.1. The number of aromatic nitrogens is 1. The molecule has 1 saturated heterocycles. The van der Waals surface area contributed by atoms with Gasteiger partial charge in [-0.2, -0.15) is 0 Å². The molecule has 2 heterocycles. The number of nitrogens with zero attached hydrogens (tertiary/aromatic N) is 2. The van der Waals surface area contributed by atoms with Gasteiger partial charge in [-0.3, -0.25) is 9.88 Å². The molecular formula is C19H32N2O9. The van der Waals surface area contributed by atoms with Gasteiger partial charge in [0.2, 0.25) is 0 Å². The van der Waals surface area contributed by atoms with Crippen LogP contribution in [0.5, 0.6) is 0 Å². The lowest BCUT2D eigenvalue weighted by molar-refractivity contribution is -0.146. The summed E-state index contributed by atoms with van der Waals surface area (Å²) in [5.74, 6) is -3.56. The molecule has 1 aliphatic rings. The number of carboxylic acids is 3. The maximum absolute atomic E-state index is 9.45. The Hall–Kier alpha value is -2.60. The van der Waals surface area contributed by atoms with Crippen LogP contribution in [0.15, 0.2) is 24.5 Å².